The third kappa shape index (κ3) is 1.89. The number of allylic oxidation sites excluding steroid dienone is 1. The van der Waals surface area contributed by atoms with Crippen LogP contribution in [0, 0.1) is 0 Å². The molecule has 2 heterocycles. The van der Waals surface area contributed by atoms with Crippen molar-refractivity contribution in [2.45, 2.75) is 57.0 Å². The molecule has 4 aliphatic rings. The molecule has 98 valence electrons. The maximum atomic E-state index is 12.4. The quantitative estimate of drug-likeness (QED) is 0.695. The summed E-state index contributed by atoms with van der Waals surface area (Å²) < 4.78 is 0. The molecule has 0 N–H and O–H groups in total. The van der Waals surface area contributed by atoms with Crippen LogP contribution in [0.4, 0.5) is 0 Å². The van der Waals surface area contributed by atoms with Gasteiger partial charge in [0.15, 0.2) is 0 Å². The van der Waals surface area contributed by atoms with Crippen LogP contribution in [-0.2, 0) is 4.79 Å². The Morgan fingerprint density at radius 2 is 1.50 bits per heavy atom. The molecule has 1 atom stereocenters. The number of rotatable bonds is 2. The summed E-state index contributed by atoms with van der Waals surface area (Å²) in [5, 5.41) is 0. The van der Waals surface area contributed by atoms with E-state index in [9.17, 15) is 4.79 Å². The third-order valence-electron chi connectivity index (χ3n) is 5.04. The Morgan fingerprint density at radius 1 is 0.833 bits per heavy atom. The highest BCUT2D eigenvalue weighted by molar-refractivity contribution is 5.84. The molecule has 4 fully saturated rings. The first kappa shape index (κ1) is 11.0. The van der Waals surface area contributed by atoms with Crippen molar-refractivity contribution in [2.75, 3.05) is 19.6 Å². The zero-order valence-corrected chi connectivity index (χ0v) is 11.0. The van der Waals surface area contributed by atoms with Gasteiger partial charge >= 0.3 is 0 Å². The van der Waals surface area contributed by atoms with Gasteiger partial charge < -0.3 is 4.90 Å². The number of piperidine rings is 1. The van der Waals surface area contributed by atoms with Crippen LogP contribution in [-0.4, -0.2) is 47.4 Å². The summed E-state index contributed by atoms with van der Waals surface area (Å²) in [6.45, 7) is 3.25. The standard InChI is InChI=1S/C15H22N2O/c18-15-14(7-10-17(15)13-3-4-13)16-8-5-12(6-9-16)11-1-2-11/h13-14H,1-10H2. The fraction of sp³-hybridized carbons (Fsp3) is 0.800. The summed E-state index contributed by atoms with van der Waals surface area (Å²) in [7, 11) is 0. The summed E-state index contributed by atoms with van der Waals surface area (Å²) in [4.78, 5) is 17.0. The van der Waals surface area contributed by atoms with Gasteiger partial charge in [-0.15, -0.1) is 0 Å². The lowest BCUT2D eigenvalue weighted by Crippen LogP contribution is -2.45. The Labute approximate surface area is 109 Å². The number of nitrogens with zero attached hydrogens (tertiary/aromatic N) is 2. The van der Waals surface area contributed by atoms with E-state index in [2.05, 4.69) is 9.80 Å². The highest BCUT2D eigenvalue weighted by Crippen LogP contribution is 2.37. The van der Waals surface area contributed by atoms with Gasteiger partial charge in [0.2, 0.25) is 5.91 Å². The summed E-state index contributed by atoms with van der Waals surface area (Å²) in [5.41, 5.74) is 3.45. The number of carbonyl (C=O) groups is 1. The van der Waals surface area contributed by atoms with Gasteiger partial charge in [-0.25, -0.2) is 0 Å². The Kier molecular flexibility index (Phi) is 2.51. The smallest absolute Gasteiger partial charge is 0.240 e. The van der Waals surface area contributed by atoms with Gasteiger partial charge in [-0.2, -0.15) is 0 Å². The minimum Gasteiger partial charge on any atom is -0.338 e. The van der Waals surface area contributed by atoms with Crippen LogP contribution in [0.1, 0.15) is 44.9 Å². The molecular formula is C15H22N2O. The topological polar surface area (TPSA) is 23.6 Å². The van der Waals surface area contributed by atoms with Gasteiger partial charge in [0.05, 0.1) is 6.04 Å². The molecule has 1 unspecified atom stereocenters. The second-order valence-corrected chi connectivity index (χ2v) is 6.31. The summed E-state index contributed by atoms with van der Waals surface area (Å²) >= 11 is 0. The molecule has 0 bridgehead atoms. The molecule has 0 aromatic rings. The van der Waals surface area contributed by atoms with Crippen molar-refractivity contribution in [1.82, 2.24) is 9.80 Å². The molecule has 0 radical (unpaired) electrons. The minimum absolute atomic E-state index is 0.219. The molecule has 4 rings (SSSR count). The normalized spacial score (nSPS) is 33.4. The predicted molar refractivity (Wildman–Crippen MR) is 70.2 cm³/mol. The van der Waals surface area contributed by atoms with E-state index in [1.807, 2.05) is 0 Å². The fourth-order valence-corrected chi connectivity index (χ4v) is 3.65. The average molecular weight is 246 g/mol. The Hall–Kier alpha value is -0.830. The first-order valence-corrected chi connectivity index (χ1v) is 7.57. The Bertz CT molecular complexity index is 395. The molecule has 3 nitrogen and oxygen atoms in total. The highest BCUT2D eigenvalue weighted by atomic mass is 16.2. The van der Waals surface area contributed by atoms with E-state index >= 15 is 0 Å². The average Bonchev–Trinajstić information content (AvgIpc) is 3.28. The lowest BCUT2D eigenvalue weighted by atomic mass is 10.0. The zero-order chi connectivity index (χ0) is 12.1. The molecular weight excluding hydrogens is 224 g/mol. The second kappa shape index (κ2) is 4.09. The van der Waals surface area contributed by atoms with Crippen molar-refractivity contribution in [3.05, 3.63) is 11.1 Å². The van der Waals surface area contributed by atoms with Crippen LogP contribution in [0.15, 0.2) is 11.1 Å². The van der Waals surface area contributed by atoms with E-state index in [0.29, 0.717) is 11.9 Å². The van der Waals surface area contributed by atoms with E-state index in [4.69, 9.17) is 0 Å². The maximum absolute atomic E-state index is 12.4. The lowest BCUT2D eigenvalue weighted by molar-refractivity contribution is -0.132. The van der Waals surface area contributed by atoms with Crippen LogP contribution in [0.3, 0.4) is 0 Å². The van der Waals surface area contributed by atoms with Gasteiger partial charge in [-0.1, -0.05) is 11.1 Å². The van der Waals surface area contributed by atoms with Crippen molar-refractivity contribution in [3.63, 3.8) is 0 Å². The van der Waals surface area contributed by atoms with Crippen LogP contribution < -0.4 is 0 Å². The first-order chi connectivity index (χ1) is 8.83. The van der Waals surface area contributed by atoms with Crippen molar-refractivity contribution in [3.8, 4) is 0 Å². The number of hydrogen-bond acceptors (Lipinski definition) is 2. The summed E-state index contributed by atoms with van der Waals surface area (Å²) in [6, 6.07) is 0.827. The van der Waals surface area contributed by atoms with Crippen LogP contribution in [0.5, 0.6) is 0 Å². The Morgan fingerprint density at radius 3 is 2.11 bits per heavy atom. The second-order valence-electron chi connectivity index (χ2n) is 6.31. The SMILES string of the molecule is O=C1C(N2CCC(=C3CC3)CC2)CCN1C1CC1. The molecule has 1 amide bonds. The molecule has 18 heavy (non-hydrogen) atoms. The molecule has 2 aliphatic heterocycles. The Balaban J connectivity index is 1.39. The van der Waals surface area contributed by atoms with Gasteiger partial charge in [0, 0.05) is 25.7 Å². The van der Waals surface area contributed by atoms with Crippen molar-refractivity contribution in [2.24, 2.45) is 0 Å². The van der Waals surface area contributed by atoms with Gasteiger partial charge in [0.1, 0.15) is 0 Å². The van der Waals surface area contributed by atoms with E-state index in [1.165, 1.54) is 38.5 Å². The van der Waals surface area contributed by atoms with Gasteiger partial charge in [0.25, 0.3) is 0 Å². The zero-order valence-electron chi connectivity index (χ0n) is 11.0. The molecule has 0 aromatic carbocycles. The predicted octanol–water partition coefficient (Wildman–Crippen LogP) is 1.94. The summed E-state index contributed by atoms with van der Waals surface area (Å²) in [6.07, 6.45) is 8.72. The lowest BCUT2D eigenvalue weighted by Gasteiger charge is -2.32. The van der Waals surface area contributed by atoms with Crippen molar-refractivity contribution in [1.29, 1.82) is 0 Å². The number of hydrogen-bond donors (Lipinski definition) is 0. The van der Waals surface area contributed by atoms with Crippen LogP contribution in [0.25, 0.3) is 0 Å². The monoisotopic (exact) mass is 246 g/mol. The van der Waals surface area contributed by atoms with E-state index in [1.54, 1.807) is 11.1 Å². The molecule has 2 saturated carbocycles. The first-order valence-electron chi connectivity index (χ1n) is 7.57. The maximum Gasteiger partial charge on any atom is 0.240 e. The van der Waals surface area contributed by atoms with Crippen molar-refractivity contribution < 1.29 is 4.79 Å². The molecule has 2 aliphatic carbocycles. The minimum atomic E-state index is 0.219. The molecule has 0 aromatic heterocycles. The van der Waals surface area contributed by atoms with E-state index < -0.39 is 0 Å². The molecule has 2 saturated heterocycles. The van der Waals surface area contributed by atoms with E-state index in [0.717, 1.165) is 26.1 Å². The van der Waals surface area contributed by atoms with E-state index in [-0.39, 0.29) is 6.04 Å². The number of amides is 1. The highest BCUT2D eigenvalue weighted by Gasteiger charge is 2.43. The largest absolute Gasteiger partial charge is 0.338 e. The third-order valence-corrected chi connectivity index (χ3v) is 5.04. The fourth-order valence-electron chi connectivity index (χ4n) is 3.65. The van der Waals surface area contributed by atoms with Crippen LogP contribution in [0.2, 0.25) is 0 Å². The molecule has 0 spiro atoms. The number of likely N-dealkylation sites (tertiary alicyclic amines) is 2. The van der Waals surface area contributed by atoms with Gasteiger partial charge in [-0.05, 0) is 44.9 Å². The van der Waals surface area contributed by atoms with Crippen molar-refractivity contribution >= 4 is 5.91 Å². The summed E-state index contributed by atoms with van der Waals surface area (Å²) in [5.74, 6) is 0.431. The molecule has 3 heteroatoms. The van der Waals surface area contributed by atoms with Gasteiger partial charge in [-0.3, -0.25) is 9.69 Å². The van der Waals surface area contributed by atoms with Crippen LogP contribution >= 0.6 is 0 Å². The number of carbonyl (C=O) groups excluding carboxylic acids is 1.